The number of nitrogens with one attached hydrogen (secondary N) is 1. The third kappa shape index (κ3) is 5.34. The summed E-state index contributed by atoms with van der Waals surface area (Å²) in [6.45, 7) is 9.06. The minimum atomic E-state index is -0.240. The van der Waals surface area contributed by atoms with Crippen LogP contribution in [-0.4, -0.2) is 67.0 Å². The number of fused-ring (bicyclic) bond motifs is 5. The molecule has 202 valence electrons. The molecule has 0 aromatic carbocycles. The molecule has 35 heavy (non-hydrogen) atoms. The molecule has 10 atom stereocenters. The summed E-state index contributed by atoms with van der Waals surface area (Å²) in [7, 11) is 6.56. The van der Waals surface area contributed by atoms with Crippen LogP contribution in [0.25, 0.3) is 0 Å². The van der Waals surface area contributed by atoms with Gasteiger partial charge in [0.2, 0.25) is 5.91 Å². The zero-order valence-corrected chi connectivity index (χ0v) is 23.6. The Balaban J connectivity index is 1.35. The molecule has 4 fully saturated rings. The molecule has 0 aliphatic heterocycles. The van der Waals surface area contributed by atoms with Crippen molar-refractivity contribution >= 4 is 5.91 Å². The van der Waals surface area contributed by atoms with E-state index in [1.807, 2.05) is 0 Å². The van der Waals surface area contributed by atoms with E-state index in [2.05, 4.69) is 47.2 Å². The summed E-state index contributed by atoms with van der Waals surface area (Å²) in [4.78, 5) is 12.5. The Morgan fingerprint density at radius 3 is 2.49 bits per heavy atom. The molecule has 4 aliphatic carbocycles. The minimum Gasteiger partial charge on any atom is -0.393 e. The van der Waals surface area contributed by atoms with Crippen LogP contribution in [0, 0.1) is 46.3 Å². The van der Waals surface area contributed by atoms with Crippen molar-refractivity contribution in [2.75, 3.05) is 34.2 Å². The Bertz CT molecular complexity index is 750. The topological polar surface area (TPSA) is 69.6 Å². The SMILES string of the molecule is C[C@H](CCC(=O)NCCC[N+](C)(C)C)[C@H]1CCC2C3CCC4C[C@H](O)CC[C@]4(C)C3C[C@H](O)[C@@]21C. The van der Waals surface area contributed by atoms with Crippen molar-refractivity contribution in [3.05, 3.63) is 0 Å². The van der Waals surface area contributed by atoms with Gasteiger partial charge in [0.05, 0.1) is 39.9 Å². The summed E-state index contributed by atoms with van der Waals surface area (Å²) in [5, 5.41) is 25.1. The molecule has 0 saturated heterocycles. The van der Waals surface area contributed by atoms with Crippen molar-refractivity contribution in [2.45, 2.75) is 104 Å². The van der Waals surface area contributed by atoms with E-state index < -0.39 is 0 Å². The standard InChI is InChI=1S/C30H54N2O3/c1-20(8-13-28(35)31-16-7-17-32(4,5)6)24-11-12-25-23-10-9-21-18-22(33)14-15-29(21,2)26(23)19-27(34)30(24,25)3/h20-27,33-34H,7-19H2,1-6H3/p+1/t20-,21?,22-,23?,24-,25?,26?,27+,29+,30-/m1/s1. The zero-order valence-electron chi connectivity index (χ0n) is 23.6. The Morgan fingerprint density at radius 1 is 1.03 bits per heavy atom. The van der Waals surface area contributed by atoms with E-state index in [4.69, 9.17) is 0 Å². The van der Waals surface area contributed by atoms with Gasteiger partial charge in [-0.2, -0.15) is 0 Å². The summed E-state index contributed by atoms with van der Waals surface area (Å²) in [5.74, 6) is 3.72. The number of hydrogen-bond donors (Lipinski definition) is 3. The zero-order chi connectivity index (χ0) is 25.6. The first-order chi connectivity index (χ1) is 16.4. The van der Waals surface area contributed by atoms with Crippen LogP contribution in [0.4, 0.5) is 0 Å². The maximum atomic E-state index is 12.5. The van der Waals surface area contributed by atoms with E-state index in [0.717, 1.165) is 62.0 Å². The first-order valence-electron chi connectivity index (χ1n) is 14.8. The first kappa shape index (κ1) is 27.4. The van der Waals surface area contributed by atoms with Gasteiger partial charge in [-0.05, 0) is 104 Å². The van der Waals surface area contributed by atoms with Gasteiger partial charge >= 0.3 is 0 Å². The van der Waals surface area contributed by atoms with Gasteiger partial charge in [-0.3, -0.25) is 4.79 Å². The predicted octanol–water partition coefficient (Wildman–Crippen LogP) is 4.61. The Kier molecular flexibility index (Phi) is 8.02. The van der Waals surface area contributed by atoms with Gasteiger partial charge in [0.1, 0.15) is 0 Å². The summed E-state index contributed by atoms with van der Waals surface area (Å²) in [6, 6.07) is 0. The molecule has 0 heterocycles. The highest BCUT2D eigenvalue weighted by atomic mass is 16.3. The van der Waals surface area contributed by atoms with Crippen molar-refractivity contribution in [1.82, 2.24) is 5.32 Å². The van der Waals surface area contributed by atoms with Crippen LogP contribution in [0.1, 0.15) is 91.4 Å². The number of aliphatic hydroxyl groups excluding tert-OH is 2. The Hall–Kier alpha value is -0.650. The van der Waals surface area contributed by atoms with Gasteiger partial charge in [-0.15, -0.1) is 0 Å². The summed E-state index contributed by atoms with van der Waals surface area (Å²) in [5.41, 5.74) is 0.275. The van der Waals surface area contributed by atoms with Crippen molar-refractivity contribution in [3.63, 3.8) is 0 Å². The van der Waals surface area contributed by atoms with Crippen molar-refractivity contribution < 1.29 is 19.5 Å². The lowest BCUT2D eigenvalue weighted by atomic mass is 9.43. The third-order valence-corrected chi connectivity index (χ3v) is 11.7. The van der Waals surface area contributed by atoms with E-state index in [-0.39, 0.29) is 28.9 Å². The fraction of sp³-hybridized carbons (Fsp3) is 0.967. The predicted molar refractivity (Wildman–Crippen MR) is 142 cm³/mol. The number of rotatable bonds is 8. The van der Waals surface area contributed by atoms with Crippen LogP contribution in [0.3, 0.4) is 0 Å². The van der Waals surface area contributed by atoms with Crippen molar-refractivity contribution in [1.29, 1.82) is 0 Å². The molecular weight excluding hydrogens is 436 g/mol. The highest BCUT2D eigenvalue weighted by Gasteiger charge is 2.63. The smallest absolute Gasteiger partial charge is 0.220 e. The van der Waals surface area contributed by atoms with E-state index in [1.54, 1.807) is 0 Å². The molecular formula is C30H55N2O3+. The fourth-order valence-electron chi connectivity index (χ4n) is 9.59. The van der Waals surface area contributed by atoms with Crippen LogP contribution < -0.4 is 5.32 Å². The number of quaternary nitrogens is 1. The molecule has 4 unspecified atom stereocenters. The molecule has 0 aromatic heterocycles. The molecule has 0 radical (unpaired) electrons. The van der Waals surface area contributed by atoms with Crippen LogP contribution in [0.15, 0.2) is 0 Å². The first-order valence-corrected chi connectivity index (χ1v) is 14.8. The van der Waals surface area contributed by atoms with Gasteiger partial charge in [0.25, 0.3) is 0 Å². The second-order valence-corrected chi connectivity index (χ2v) is 14.6. The van der Waals surface area contributed by atoms with E-state index in [9.17, 15) is 15.0 Å². The van der Waals surface area contributed by atoms with Gasteiger partial charge in [0.15, 0.2) is 0 Å². The van der Waals surface area contributed by atoms with Crippen LogP contribution in [0.2, 0.25) is 0 Å². The van der Waals surface area contributed by atoms with E-state index in [1.165, 1.54) is 25.7 Å². The van der Waals surface area contributed by atoms with Gasteiger partial charge < -0.3 is 20.0 Å². The van der Waals surface area contributed by atoms with Crippen molar-refractivity contribution in [3.8, 4) is 0 Å². The van der Waals surface area contributed by atoms with Crippen LogP contribution >= 0.6 is 0 Å². The maximum absolute atomic E-state index is 12.5. The molecule has 0 spiro atoms. The second-order valence-electron chi connectivity index (χ2n) is 14.6. The fourth-order valence-corrected chi connectivity index (χ4v) is 9.59. The molecule has 1 amide bonds. The molecule has 5 nitrogen and oxygen atoms in total. The molecule has 3 N–H and O–H groups in total. The van der Waals surface area contributed by atoms with Crippen LogP contribution in [0.5, 0.6) is 0 Å². The maximum Gasteiger partial charge on any atom is 0.220 e. The summed E-state index contributed by atoms with van der Waals surface area (Å²) >= 11 is 0. The average Bonchev–Trinajstić information content (AvgIpc) is 3.14. The molecule has 4 aliphatic rings. The molecule has 4 saturated carbocycles. The molecule has 0 aromatic rings. The molecule has 4 rings (SSSR count). The highest BCUT2D eigenvalue weighted by Crippen LogP contribution is 2.68. The number of aliphatic hydroxyl groups is 2. The Morgan fingerprint density at radius 2 is 1.77 bits per heavy atom. The van der Waals surface area contributed by atoms with Gasteiger partial charge in [-0.25, -0.2) is 0 Å². The number of amides is 1. The van der Waals surface area contributed by atoms with Gasteiger partial charge in [-0.1, -0.05) is 20.8 Å². The minimum absolute atomic E-state index is 0.0148. The molecule has 5 heteroatoms. The van der Waals surface area contributed by atoms with Crippen LogP contribution in [-0.2, 0) is 4.79 Å². The number of nitrogens with zero attached hydrogens (tertiary/aromatic N) is 1. The number of hydrogen-bond acceptors (Lipinski definition) is 3. The second kappa shape index (κ2) is 10.3. The third-order valence-electron chi connectivity index (χ3n) is 11.7. The average molecular weight is 492 g/mol. The largest absolute Gasteiger partial charge is 0.393 e. The monoisotopic (exact) mass is 491 g/mol. The Labute approximate surface area is 215 Å². The van der Waals surface area contributed by atoms with Gasteiger partial charge in [0, 0.05) is 19.4 Å². The lowest BCUT2D eigenvalue weighted by Crippen LogP contribution is -2.58. The highest BCUT2D eigenvalue weighted by molar-refractivity contribution is 5.75. The van der Waals surface area contributed by atoms with Crippen molar-refractivity contribution in [2.24, 2.45) is 46.3 Å². The quantitative estimate of drug-likeness (QED) is 0.343. The summed E-state index contributed by atoms with van der Waals surface area (Å²) < 4.78 is 0.931. The number of carbonyl (C=O) groups is 1. The van der Waals surface area contributed by atoms with E-state index >= 15 is 0 Å². The summed E-state index contributed by atoms with van der Waals surface area (Å²) in [6.07, 6.45) is 11.1. The lowest BCUT2D eigenvalue weighted by Gasteiger charge is -2.62. The number of carbonyl (C=O) groups excluding carboxylic acids is 1. The lowest BCUT2D eigenvalue weighted by molar-refractivity contribution is -0.870. The van der Waals surface area contributed by atoms with E-state index in [0.29, 0.717) is 36.0 Å². The normalized spacial score (nSPS) is 44.2. The molecule has 0 bridgehead atoms.